The standard InChI is InChI=1S/C16H27NO/c1-4-5-11-17-12-6-7-13-18-16-10-8-9-14(2)15(16)3/h8-10,17H,4-7,11-13H2,1-3H3/p+1. The van der Waals surface area contributed by atoms with Gasteiger partial charge in [0.05, 0.1) is 19.7 Å². The first kappa shape index (κ1) is 15.0. The lowest BCUT2D eigenvalue weighted by atomic mass is 10.1. The van der Waals surface area contributed by atoms with Crippen LogP contribution in [0.15, 0.2) is 18.2 Å². The molecule has 0 amide bonds. The first-order valence-electron chi connectivity index (χ1n) is 7.26. The van der Waals surface area contributed by atoms with Gasteiger partial charge in [0.2, 0.25) is 0 Å². The van der Waals surface area contributed by atoms with E-state index in [1.54, 1.807) is 0 Å². The zero-order chi connectivity index (χ0) is 13.2. The van der Waals surface area contributed by atoms with Crippen molar-refractivity contribution >= 4 is 0 Å². The van der Waals surface area contributed by atoms with Crippen LogP contribution in [-0.4, -0.2) is 19.7 Å². The summed E-state index contributed by atoms with van der Waals surface area (Å²) in [6.45, 7) is 9.84. The van der Waals surface area contributed by atoms with E-state index in [1.807, 2.05) is 0 Å². The molecule has 0 spiro atoms. The Bertz CT molecular complexity index is 336. The van der Waals surface area contributed by atoms with Gasteiger partial charge in [0, 0.05) is 0 Å². The molecule has 1 rings (SSSR count). The maximum atomic E-state index is 5.83. The minimum absolute atomic E-state index is 0.839. The Balaban J connectivity index is 2.09. The van der Waals surface area contributed by atoms with Crippen LogP contribution in [-0.2, 0) is 0 Å². The Labute approximate surface area is 112 Å². The van der Waals surface area contributed by atoms with Crippen LogP contribution >= 0.6 is 0 Å². The summed E-state index contributed by atoms with van der Waals surface area (Å²) in [5, 5.41) is 2.42. The van der Waals surface area contributed by atoms with E-state index in [0.717, 1.165) is 18.8 Å². The van der Waals surface area contributed by atoms with Crippen molar-refractivity contribution < 1.29 is 10.1 Å². The van der Waals surface area contributed by atoms with Gasteiger partial charge in [-0.05, 0) is 50.3 Å². The predicted molar refractivity (Wildman–Crippen MR) is 77.2 cm³/mol. The van der Waals surface area contributed by atoms with Crippen molar-refractivity contribution in [3.05, 3.63) is 29.3 Å². The lowest BCUT2D eigenvalue weighted by Crippen LogP contribution is -2.84. The number of quaternary nitrogens is 1. The number of hydrogen-bond acceptors (Lipinski definition) is 1. The van der Waals surface area contributed by atoms with Crippen LogP contribution in [0.2, 0.25) is 0 Å². The molecule has 0 aromatic heterocycles. The normalized spacial score (nSPS) is 10.6. The minimum Gasteiger partial charge on any atom is -0.493 e. The van der Waals surface area contributed by atoms with Crippen molar-refractivity contribution in [1.29, 1.82) is 0 Å². The molecular weight excluding hydrogens is 222 g/mol. The van der Waals surface area contributed by atoms with Gasteiger partial charge in [0.1, 0.15) is 5.75 Å². The Morgan fingerprint density at radius 2 is 1.83 bits per heavy atom. The maximum Gasteiger partial charge on any atom is 0.122 e. The summed E-state index contributed by atoms with van der Waals surface area (Å²) in [6.07, 6.45) is 5.02. The van der Waals surface area contributed by atoms with Crippen molar-refractivity contribution in [2.45, 2.75) is 46.5 Å². The Hall–Kier alpha value is -1.02. The number of rotatable bonds is 9. The number of nitrogens with two attached hydrogens (primary N) is 1. The van der Waals surface area contributed by atoms with E-state index >= 15 is 0 Å². The van der Waals surface area contributed by atoms with Crippen molar-refractivity contribution in [3.8, 4) is 5.75 Å². The maximum absolute atomic E-state index is 5.83. The molecule has 2 N–H and O–H groups in total. The molecular formula is C16H28NO+. The molecule has 0 saturated heterocycles. The molecule has 0 unspecified atom stereocenters. The van der Waals surface area contributed by atoms with E-state index in [1.165, 1.54) is 43.5 Å². The second-order valence-electron chi connectivity index (χ2n) is 4.97. The van der Waals surface area contributed by atoms with Gasteiger partial charge in [-0.2, -0.15) is 0 Å². The molecule has 2 heteroatoms. The summed E-state index contributed by atoms with van der Waals surface area (Å²) < 4.78 is 5.83. The monoisotopic (exact) mass is 250 g/mol. The van der Waals surface area contributed by atoms with E-state index in [2.05, 4.69) is 44.3 Å². The number of hydrogen-bond donors (Lipinski definition) is 1. The molecule has 0 radical (unpaired) electrons. The summed E-state index contributed by atoms with van der Waals surface area (Å²) in [7, 11) is 0. The zero-order valence-electron chi connectivity index (χ0n) is 12.2. The van der Waals surface area contributed by atoms with E-state index in [4.69, 9.17) is 4.74 Å². The molecule has 1 aromatic carbocycles. The van der Waals surface area contributed by atoms with Crippen LogP contribution in [0.25, 0.3) is 0 Å². The highest BCUT2D eigenvalue weighted by Crippen LogP contribution is 2.20. The van der Waals surface area contributed by atoms with Crippen molar-refractivity contribution in [3.63, 3.8) is 0 Å². The number of unbranched alkanes of at least 4 members (excludes halogenated alkanes) is 2. The van der Waals surface area contributed by atoms with Gasteiger partial charge in [-0.1, -0.05) is 25.5 Å². The molecule has 2 nitrogen and oxygen atoms in total. The molecule has 0 aliphatic carbocycles. The number of ether oxygens (including phenoxy) is 1. The summed E-state index contributed by atoms with van der Waals surface area (Å²) in [5.74, 6) is 1.05. The van der Waals surface area contributed by atoms with Crippen molar-refractivity contribution in [1.82, 2.24) is 0 Å². The molecule has 102 valence electrons. The quantitative estimate of drug-likeness (QED) is 0.670. The highest BCUT2D eigenvalue weighted by Gasteiger charge is 2.01. The Morgan fingerprint density at radius 3 is 2.61 bits per heavy atom. The fraction of sp³-hybridized carbons (Fsp3) is 0.625. The predicted octanol–water partition coefficient (Wildman–Crippen LogP) is 2.83. The highest BCUT2D eigenvalue weighted by atomic mass is 16.5. The second-order valence-corrected chi connectivity index (χ2v) is 4.97. The summed E-state index contributed by atoms with van der Waals surface area (Å²) in [5.41, 5.74) is 2.58. The second kappa shape index (κ2) is 8.98. The van der Waals surface area contributed by atoms with Gasteiger partial charge in [-0.25, -0.2) is 0 Å². The molecule has 0 atom stereocenters. The minimum atomic E-state index is 0.839. The average molecular weight is 250 g/mol. The Morgan fingerprint density at radius 1 is 1.06 bits per heavy atom. The average Bonchev–Trinajstić information content (AvgIpc) is 2.37. The van der Waals surface area contributed by atoms with E-state index in [0.29, 0.717) is 0 Å². The van der Waals surface area contributed by atoms with Gasteiger partial charge < -0.3 is 10.1 Å². The van der Waals surface area contributed by atoms with E-state index in [-0.39, 0.29) is 0 Å². The van der Waals surface area contributed by atoms with Crippen molar-refractivity contribution in [2.75, 3.05) is 19.7 Å². The van der Waals surface area contributed by atoms with Crippen LogP contribution in [0.1, 0.15) is 43.7 Å². The van der Waals surface area contributed by atoms with Crippen LogP contribution in [0.3, 0.4) is 0 Å². The lowest BCUT2D eigenvalue weighted by molar-refractivity contribution is -0.655. The van der Waals surface area contributed by atoms with Gasteiger partial charge >= 0.3 is 0 Å². The Kier molecular flexibility index (Phi) is 7.51. The summed E-state index contributed by atoms with van der Waals surface area (Å²) in [6, 6.07) is 6.26. The third-order valence-electron chi connectivity index (χ3n) is 3.38. The van der Waals surface area contributed by atoms with Gasteiger partial charge in [-0.3, -0.25) is 0 Å². The van der Waals surface area contributed by atoms with Crippen molar-refractivity contribution in [2.24, 2.45) is 0 Å². The van der Waals surface area contributed by atoms with E-state index < -0.39 is 0 Å². The summed E-state index contributed by atoms with van der Waals surface area (Å²) in [4.78, 5) is 0. The first-order chi connectivity index (χ1) is 8.75. The topological polar surface area (TPSA) is 25.8 Å². The first-order valence-corrected chi connectivity index (χ1v) is 7.26. The number of benzene rings is 1. The third-order valence-corrected chi connectivity index (χ3v) is 3.38. The molecule has 0 aliphatic rings. The molecule has 0 bridgehead atoms. The van der Waals surface area contributed by atoms with Gasteiger partial charge in [-0.15, -0.1) is 0 Å². The van der Waals surface area contributed by atoms with Gasteiger partial charge in [0.25, 0.3) is 0 Å². The SMILES string of the molecule is CCCC[NH2+]CCCCOc1cccc(C)c1C. The summed E-state index contributed by atoms with van der Waals surface area (Å²) >= 11 is 0. The largest absolute Gasteiger partial charge is 0.493 e. The van der Waals surface area contributed by atoms with Crippen LogP contribution < -0.4 is 10.1 Å². The molecule has 1 aromatic rings. The zero-order valence-corrected chi connectivity index (χ0v) is 12.2. The molecule has 0 aliphatic heterocycles. The fourth-order valence-corrected chi connectivity index (χ4v) is 1.95. The van der Waals surface area contributed by atoms with Crippen LogP contribution in [0, 0.1) is 13.8 Å². The third kappa shape index (κ3) is 5.54. The molecule has 0 heterocycles. The smallest absolute Gasteiger partial charge is 0.122 e. The van der Waals surface area contributed by atoms with Crippen LogP contribution in [0.4, 0.5) is 0 Å². The highest BCUT2D eigenvalue weighted by molar-refractivity contribution is 5.38. The van der Waals surface area contributed by atoms with E-state index in [9.17, 15) is 0 Å². The fourth-order valence-electron chi connectivity index (χ4n) is 1.95. The van der Waals surface area contributed by atoms with Crippen LogP contribution in [0.5, 0.6) is 5.75 Å². The number of aryl methyl sites for hydroxylation is 1. The van der Waals surface area contributed by atoms with Gasteiger partial charge in [0.15, 0.2) is 0 Å². The molecule has 18 heavy (non-hydrogen) atoms. The molecule has 0 fully saturated rings. The molecule has 0 saturated carbocycles. The lowest BCUT2D eigenvalue weighted by Gasteiger charge is -2.10.